The minimum absolute atomic E-state index is 0.392. The third-order valence-electron chi connectivity index (χ3n) is 3.87. The maximum Gasteiger partial charge on any atom is 0.0761 e. The van der Waals surface area contributed by atoms with E-state index in [9.17, 15) is 5.11 Å². The number of nitrogens with zero attached hydrogens (tertiary/aromatic N) is 1. The molecule has 0 amide bonds. The molecule has 0 radical (unpaired) electrons. The highest BCUT2D eigenvalue weighted by molar-refractivity contribution is 5.50. The maximum atomic E-state index is 9.54. The summed E-state index contributed by atoms with van der Waals surface area (Å²) in [6.45, 7) is 3.83. The van der Waals surface area contributed by atoms with E-state index < -0.39 is 6.10 Å². The Balaban J connectivity index is 1.81. The predicted octanol–water partition coefficient (Wildman–Crippen LogP) is 3.30. The van der Waals surface area contributed by atoms with Gasteiger partial charge in [-0.05, 0) is 42.2 Å². The number of aliphatic hydroxyl groups excluding tert-OH is 1. The largest absolute Gasteiger partial charge is 0.389 e. The minimum atomic E-state index is -0.392. The zero-order chi connectivity index (χ0) is 13.2. The highest BCUT2D eigenvalue weighted by atomic mass is 16.3. The van der Waals surface area contributed by atoms with E-state index in [4.69, 9.17) is 0 Å². The highest BCUT2D eigenvalue weighted by Crippen LogP contribution is 2.25. The molecule has 0 aliphatic carbocycles. The first-order chi connectivity index (χ1) is 9.24. The molecule has 2 aromatic rings. The molecule has 1 atom stereocenters. The van der Waals surface area contributed by atoms with E-state index in [0.717, 1.165) is 25.1 Å². The summed E-state index contributed by atoms with van der Waals surface area (Å²) in [7, 11) is 0. The van der Waals surface area contributed by atoms with Gasteiger partial charge in [0, 0.05) is 18.8 Å². The lowest BCUT2D eigenvalue weighted by molar-refractivity contribution is 0.199. The van der Waals surface area contributed by atoms with Crippen LogP contribution in [0.2, 0.25) is 0 Å². The van der Waals surface area contributed by atoms with Crippen molar-refractivity contribution < 1.29 is 5.11 Å². The van der Waals surface area contributed by atoms with Crippen molar-refractivity contribution in [2.45, 2.75) is 26.0 Å². The molecule has 0 bridgehead atoms. The summed E-state index contributed by atoms with van der Waals surface area (Å²) in [4.78, 5) is 2.40. The molecule has 1 aliphatic rings. The first-order valence-electron chi connectivity index (χ1n) is 6.84. The fourth-order valence-electron chi connectivity index (χ4n) is 2.68. The van der Waals surface area contributed by atoms with Crippen LogP contribution in [0.1, 0.15) is 29.7 Å². The van der Waals surface area contributed by atoms with E-state index in [1.165, 1.54) is 16.8 Å². The maximum absolute atomic E-state index is 9.54. The number of hydrogen-bond acceptors (Lipinski definition) is 2. The molecule has 0 saturated heterocycles. The molecule has 19 heavy (non-hydrogen) atoms. The van der Waals surface area contributed by atoms with Gasteiger partial charge in [0.05, 0.1) is 6.10 Å². The lowest BCUT2D eigenvalue weighted by Gasteiger charge is -2.30. The second-order valence-electron chi connectivity index (χ2n) is 5.21. The number of benzene rings is 2. The Morgan fingerprint density at radius 2 is 1.68 bits per heavy atom. The number of rotatable bonds is 2. The van der Waals surface area contributed by atoms with Gasteiger partial charge in [-0.3, -0.25) is 0 Å². The fraction of sp³-hybridized carbons (Fsp3) is 0.294. The third-order valence-corrected chi connectivity index (χ3v) is 3.87. The summed E-state index contributed by atoms with van der Waals surface area (Å²) in [5.41, 5.74) is 5.10. The smallest absolute Gasteiger partial charge is 0.0761 e. The van der Waals surface area contributed by atoms with E-state index in [-0.39, 0.29) is 0 Å². The van der Waals surface area contributed by atoms with Gasteiger partial charge in [0.1, 0.15) is 0 Å². The first kappa shape index (κ1) is 12.2. The topological polar surface area (TPSA) is 23.5 Å². The van der Waals surface area contributed by atoms with Gasteiger partial charge in [0.25, 0.3) is 0 Å². The van der Waals surface area contributed by atoms with Gasteiger partial charge in [0.15, 0.2) is 0 Å². The van der Waals surface area contributed by atoms with Crippen LogP contribution in [-0.2, 0) is 13.0 Å². The Kier molecular flexibility index (Phi) is 3.26. The summed E-state index contributed by atoms with van der Waals surface area (Å²) in [6, 6.07) is 16.9. The van der Waals surface area contributed by atoms with Gasteiger partial charge >= 0.3 is 0 Å². The Hall–Kier alpha value is -1.80. The summed E-state index contributed by atoms with van der Waals surface area (Å²) in [5.74, 6) is 0. The Morgan fingerprint density at radius 1 is 1.00 bits per heavy atom. The molecule has 2 aromatic carbocycles. The summed E-state index contributed by atoms with van der Waals surface area (Å²) >= 11 is 0. The minimum Gasteiger partial charge on any atom is -0.389 e. The molecule has 1 N–H and O–H groups in total. The van der Waals surface area contributed by atoms with Crippen LogP contribution in [-0.4, -0.2) is 11.7 Å². The third kappa shape index (κ3) is 2.49. The van der Waals surface area contributed by atoms with Gasteiger partial charge in [-0.25, -0.2) is 0 Å². The van der Waals surface area contributed by atoms with E-state index in [1.807, 2.05) is 12.1 Å². The highest BCUT2D eigenvalue weighted by Gasteiger charge is 2.15. The van der Waals surface area contributed by atoms with Crippen LogP contribution in [0.5, 0.6) is 0 Å². The first-order valence-corrected chi connectivity index (χ1v) is 6.84. The number of fused-ring (bicyclic) bond motifs is 1. The van der Waals surface area contributed by atoms with Gasteiger partial charge in [-0.15, -0.1) is 0 Å². The molecule has 1 aliphatic heterocycles. The molecule has 2 nitrogen and oxygen atoms in total. The van der Waals surface area contributed by atoms with Crippen LogP contribution in [0.25, 0.3) is 0 Å². The lowest BCUT2D eigenvalue weighted by atomic mass is 9.99. The molecular weight excluding hydrogens is 234 g/mol. The normalized spacial score (nSPS) is 16.0. The van der Waals surface area contributed by atoms with E-state index in [1.54, 1.807) is 6.92 Å². The predicted molar refractivity (Wildman–Crippen MR) is 78.3 cm³/mol. The zero-order valence-electron chi connectivity index (χ0n) is 11.2. The van der Waals surface area contributed by atoms with Crippen LogP contribution in [0.3, 0.4) is 0 Å². The van der Waals surface area contributed by atoms with Crippen molar-refractivity contribution >= 4 is 5.69 Å². The van der Waals surface area contributed by atoms with Crippen molar-refractivity contribution in [3.8, 4) is 0 Å². The molecule has 0 aromatic heterocycles. The van der Waals surface area contributed by atoms with E-state index in [2.05, 4.69) is 41.3 Å². The lowest BCUT2D eigenvalue weighted by Crippen LogP contribution is -2.30. The van der Waals surface area contributed by atoms with Crippen LogP contribution in [0.15, 0.2) is 48.5 Å². The van der Waals surface area contributed by atoms with Crippen molar-refractivity contribution in [2.75, 3.05) is 11.4 Å². The summed E-state index contributed by atoms with van der Waals surface area (Å²) < 4.78 is 0. The molecule has 0 spiro atoms. The van der Waals surface area contributed by atoms with Crippen molar-refractivity contribution in [2.24, 2.45) is 0 Å². The van der Waals surface area contributed by atoms with Gasteiger partial charge in [-0.1, -0.05) is 36.4 Å². The summed E-state index contributed by atoms with van der Waals surface area (Å²) in [5, 5.41) is 9.54. The molecule has 1 heterocycles. The average molecular weight is 253 g/mol. The molecular formula is C17H19NO. The summed E-state index contributed by atoms with van der Waals surface area (Å²) in [6.07, 6.45) is 0.713. The van der Waals surface area contributed by atoms with Crippen LogP contribution in [0.4, 0.5) is 5.69 Å². The van der Waals surface area contributed by atoms with Crippen LogP contribution in [0, 0.1) is 0 Å². The quantitative estimate of drug-likeness (QED) is 0.887. The molecule has 3 rings (SSSR count). The van der Waals surface area contributed by atoms with Crippen LogP contribution >= 0.6 is 0 Å². The molecule has 0 saturated carbocycles. The van der Waals surface area contributed by atoms with Gasteiger partial charge < -0.3 is 10.0 Å². The monoisotopic (exact) mass is 253 g/mol. The van der Waals surface area contributed by atoms with E-state index >= 15 is 0 Å². The molecule has 2 heteroatoms. The Labute approximate surface area is 114 Å². The Morgan fingerprint density at radius 3 is 2.37 bits per heavy atom. The zero-order valence-corrected chi connectivity index (χ0v) is 11.2. The van der Waals surface area contributed by atoms with Crippen molar-refractivity contribution in [3.05, 3.63) is 65.2 Å². The Bertz CT molecular complexity index is 560. The molecule has 0 fully saturated rings. The number of aliphatic hydroxyl groups is 1. The van der Waals surface area contributed by atoms with Gasteiger partial charge in [-0.2, -0.15) is 0 Å². The van der Waals surface area contributed by atoms with E-state index in [0.29, 0.717) is 0 Å². The second-order valence-corrected chi connectivity index (χ2v) is 5.21. The van der Waals surface area contributed by atoms with Gasteiger partial charge in [0.2, 0.25) is 0 Å². The SMILES string of the molecule is C[C@@H](O)c1ccc(N2CCc3ccccc3C2)cc1. The van der Waals surface area contributed by atoms with Crippen molar-refractivity contribution in [3.63, 3.8) is 0 Å². The fourth-order valence-corrected chi connectivity index (χ4v) is 2.68. The van der Waals surface area contributed by atoms with Crippen LogP contribution < -0.4 is 4.90 Å². The number of anilines is 1. The molecule has 98 valence electrons. The van der Waals surface area contributed by atoms with Crippen molar-refractivity contribution in [1.29, 1.82) is 0 Å². The molecule has 0 unspecified atom stereocenters. The second kappa shape index (κ2) is 5.06. The standard InChI is InChI=1S/C17H19NO/c1-13(19)14-6-8-17(9-7-14)18-11-10-15-4-2-3-5-16(15)12-18/h2-9,13,19H,10-12H2,1H3/t13-/m1/s1. The van der Waals surface area contributed by atoms with Crippen molar-refractivity contribution in [1.82, 2.24) is 0 Å². The average Bonchev–Trinajstić information content (AvgIpc) is 2.47. The number of hydrogen-bond donors (Lipinski definition) is 1.